The molecule has 0 spiro atoms. The standard InChI is InChI=1S/C16H16Cl2N2O/c1-9-7-14(17)20-16(18)15(9)19-13-4-2-3-10-8-11(21)5-6-12(10)13/h5-8,13,19,21H,2-4H2,1H3. The van der Waals surface area contributed by atoms with Gasteiger partial charge in [-0.2, -0.15) is 0 Å². The van der Waals surface area contributed by atoms with Crippen molar-refractivity contribution in [1.29, 1.82) is 0 Å². The number of phenolic OH excluding ortho intramolecular Hbond substituents is 1. The number of halogens is 2. The summed E-state index contributed by atoms with van der Waals surface area (Å²) >= 11 is 12.1. The van der Waals surface area contributed by atoms with E-state index in [9.17, 15) is 5.11 Å². The van der Waals surface area contributed by atoms with Crippen molar-refractivity contribution < 1.29 is 5.11 Å². The molecule has 0 fully saturated rings. The third-order valence-electron chi connectivity index (χ3n) is 3.90. The van der Waals surface area contributed by atoms with Crippen LogP contribution < -0.4 is 5.32 Å². The molecule has 0 amide bonds. The molecule has 1 aliphatic rings. The Kier molecular flexibility index (Phi) is 3.96. The van der Waals surface area contributed by atoms with Crippen LogP contribution in [0.1, 0.15) is 35.6 Å². The van der Waals surface area contributed by atoms with Gasteiger partial charge in [0.1, 0.15) is 10.9 Å². The van der Waals surface area contributed by atoms with Gasteiger partial charge in [-0.15, -0.1) is 0 Å². The van der Waals surface area contributed by atoms with Crippen molar-refractivity contribution >= 4 is 28.9 Å². The molecule has 1 aromatic carbocycles. The second-order valence-electron chi connectivity index (χ2n) is 5.40. The predicted octanol–water partition coefficient (Wildman–Crippen LogP) is 4.89. The van der Waals surface area contributed by atoms with Gasteiger partial charge in [0.2, 0.25) is 0 Å². The average Bonchev–Trinajstić information content (AvgIpc) is 2.42. The molecule has 21 heavy (non-hydrogen) atoms. The number of nitrogens with zero attached hydrogens (tertiary/aromatic N) is 1. The maximum Gasteiger partial charge on any atom is 0.154 e. The summed E-state index contributed by atoms with van der Waals surface area (Å²) in [6.45, 7) is 1.96. The minimum atomic E-state index is 0.175. The number of pyridine rings is 1. The van der Waals surface area contributed by atoms with Crippen LogP contribution in [0.25, 0.3) is 0 Å². The maximum absolute atomic E-state index is 9.62. The van der Waals surface area contributed by atoms with Crippen LogP contribution in [-0.4, -0.2) is 10.1 Å². The molecule has 3 rings (SSSR count). The first-order valence-corrected chi connectivity index (χ1v) is 7.71. The molecule has 1 unspecified atom stereocenters. The van der Waals surface area contributed by atoms with E-state index in [4.69, 9.17) is 23.2 Å². The van der Waals surface area contributed by atoms with Crippen LogP contribution >= 0.6 is 23.2 Å². The normalized spacial score (nSPS) is 17.4. The number of hydrogen-bond acceptors (Lipinski definition) is 3. The quantitative estimate of drug-likeness (QED) is 0.773. The Bertz CT molecular complexity index is 665. The van der Waals surface area contributed by atoms with Crippen LogP contribution in [0.3, 0.4) is 0 Å². The van der Waals surface area contributed by atoms with Gasteiger partial charge in [0.05, 0.1) is 11.7 Å². The minimum absolute atomic E-state index is 0.175. The first kappa shape index (κ1) is 14.5. The molecular weight excluding hydrogens is 307 g/mol. The highest BCUT2D eigenvalue weighted by Gasteiger charge is 2.22. The summed E-state index contributed by atoms with van der Waals surface area (Å²) in [6, 6.07) is 7.53. The third-order valence-corrected chi connectivity index (χ3v) is 4.37. The van der Waals surface area contributed by atoms with Crippen LogP contribution in [0.2, 0.25) is 10.3 Å². The lowest BCUT2D eigenvalue weighted by atomic mass is 9.87. The molecule has 1 heterocycles. The van der Waals surface area contributed by atoms with Crippen molar-refractivity contribution in [3.8, 4) is 5.75 Å². The lowest BCUT2D eigenvalue weighted by molar-refractivity contribution is 0.472. The Morgan fingerprint density at radius 3 is 2.86 bits per heavy atom. The Hall–Kier alpha value is -1.45. The van der Waals surface area contributed by atoms with Crippen LogP contribution in [0, 0.1) is 6.92 Å². The summed E-state index contributed by atoms with van der Waals surface area (Å²) in [7, 11) is 0. The van der Waals surface area contributed by atoms with Gasteiger partial charge in [0.15, 0.2) is 5.15 Å². The van der Waals surface area contributed by atoms with Crippen molar-refractivity contribution in [1.82, 2.24) is 4.98 Å². The molecule has 1 atom stereocenters. The second kappa shape index (κ2) is 5.74. The number of aromatic nitrogens is 1. The topological polar surface area (TPSA) is 45.2 Å². The molecule has 0 bridgehead atoms. The van der Waals surface area contributed by atoms with E-state index in [0.717, 1.165) is 30.5 Å². The smallest absolute Gasteiger partial charge is 0.154 e. The number of benzene rings is 1. The van der Waals surface area contributed by atoms with Crippen molar-refractivity contribution in [3.05, 3.63) is 51.3 Å². The molecule has 0 saturated carbocycles. The number of aromatic hydroxyl groups is 1. The molecule has 0 aliphatic heterocycles. The highest BCUT2D eigenvalue weighted by atomic mass is 35.5. The van der Waals surface area contributed by atoms with Crippen molar-refractivity contribution in [3.63, 3.8) is 0 Å². The van der Waals surface area contributed by atoms with Gasteiger partial charge >= 0.3 is 0 Å². The third kappa shape index (κ3) is 2.94. The molecule has 1 aliphatic carbocycles. The summed E-state index contributed by atoms with van der Waals surface area (Å²) < 4.78 is 0. The van der Waals surface area contributed by atoms with Gasteiger partial charge in [0.25, 0.3) is 0 Å². The second-order valence-corrected chi connectivity index (χ2v) is 6.15. The monoisotopic (exact) mass is 322 g/mol. The van der Waals surface area contributed by atoms with E-state index in [1.165, 1.54) is 11.1 Å². The van der Waals surface area contributed by atoms with Gasteiger partial charge < -0.3 is 10.4 Å². The summed E-state index contributed by atoms with van der Waals surface area (Å²) in [5.41, 5.74) is 4.21. The minimum Gasteiger partial charge on any atom is -0.508 e. The fourth-order valence-electron chi connectivity index (χ4n) is 2.89. The van der Waals surface area contributed by atoms with Gasteiger partial charge in [-0.05, 0) is 61.1 Å². The number of hydrogen-bond donors (Lipinski definition) is 2. The largest absolute Gasteiger partial charge is 0.508 e. The lowest BCUT2D eigenvalue weighted by Gasteiger charge is -2.28. The Balaban J connectivity index is 1.94. The summed E-state index contributed by atoms with van der Waals surface area (Å²) in [6.07, 6.45) is 3.09. The Labute approximate surface area is 133 Å². The molecule has 1 aromatic heterocycles. The lowest BCUT2D eigenvalue weighted by Crippen LogP contribution is -2.18. The number of nitrogens with one attached hydrogen (secondary N) is 1. The zero-order valence-electron chi connectivity index (χ0n) is 11.7. The van der Waals surface area contributed by atoms with E-state index in [2.05, 4.69) is 10.3 Å². The molecular formula is C16H16Cl2N2O. The van der Waals surface area contributed by atoms with E-state index in [1.54, 1.807) is 12.1 Å². The number of fused-ring (bicyclic) bond motifs is 1. The van der Waals surface area contributed by atoms with E-state index in [-0.39, 0.29) is 6.04 Å². The SMILES string of the molecule is Cc1cc(Cl)nc(Cl)c1NC1CCCc2cc(O)ccc21. The number of rotatable bonds is 2. The number of aryl methyl sites for hydroxylation is 2. The molecule has 110 valence electrons. The van der Waals surface area contributed by atoms with Crippen LogP contribution in [0.5, 0.6) is 5.75 Å². The average molecular weight is 323 g/mol. The molecule has 0 saturated heterocycles. The first-order valence-electron chi connectivity index (χ1n) is 6.95. The Morgan fingerprint density at radius 2 is 2.10 bits per heavy atom. The highest BCUT2D eigenvalue weighted by molar-refractivity contribution is 6.34. The van der Waals surface area contributed by atoms with Gasteiger partial charge in [0, 0.05) is 0 Å². The van der Waals surface area contributed by atoms with E-state index in [1.807, 2.05) is 19.1 Å². The van der Waals surface area contributed by atoms with Gasteiger partial charge in [-0.3, -0.25) is 0 Å². The fourth-order valence-corrected chi connectivity index (χ4v) is 3.48. The van der Waals surface area contributed by atoms with Crippen molar-refractivity contribution in [2.24, 2.45) is 0 Å². The van der Waals surface area contributed by atoms with Crippen molar-refractivity contribution in [2.45, 2.75) is 32.2 Å². The maximum atomic E-state index is 9.62. The fraction of sp³-hybridized carbons (Fsp3) is 0.312. The number of anilines is 1. The summed E-state index contributed by atoms with van der Waals surface area (Å²) in [5, 5.41) is 13.9. The number of phenols is 1. The van der Waals surface area contributed by atoms with Crippen LogP contribution in [0.4, 0.5) is 5.69 Å². The van der Waals surface area contributed by atoms with Crippen LogP contribution in [-0.2, 0) is 6.42 Å². The molecule has 2 N–H and O–H groups in total. The first-order chi connectivity index (χ1) is 10.0. The zero-order chi connectivity index (χ0) is 15.0. The molecule has 3 nitrogen and oxygen atoms in total. The highest BCUT2D eigenvalue weighted by Crippen LogP contribution is 2.37. The zero-order valence-corrected chi connectivity index (χ0v) is 13.2. The van der Waals surface area contributed by atoms with Gasteiger partial charge in [-0.25, -0.2) is 4.98 Å². The van der Waals surface area contributed by atoms with Crippen molar-refractivity contribution in [2.75, 3.05) is 5.32 Å². The molecule has 5 heteroatoms. The molecule has 2 aromatic rings. The van der Waals surface area contributed by atoms with Gasteiger partial charge in [-0.1, -0.05) is 29.3 Å². The summed E-state index contributed by atoms with van der Waals surface area (Å²) in [4.78, 5) is 4.10. The molecule has 0 radical (unpaired) electrons. The van der Waals surface area contributed by atoms with E-state index < -0.39 is 0 Å². The summed E-state index contributed by atoms with van der Waals surface area (Å²) in [5.74, 6) is 0.316. The van der Waals surface area contributed by atoms with Crippen LogP contribution in [0.15, 0.2) is 24.3 Å². The van der Waals surface area contributed by atoms with E-state index >= 15 is 0 Å². The predicted molar refractivity (Wildman–Crippen MR) is 86.4 cm³/mol. The van der Waals surface area contributed by atoms with E-state index in [0.29, 0.717) is 16.1 Å². The Morgan fingerprint density at radius 1 is 1.29 bits per heavy atom.